The lowest BCUT2D eigenvalue weighted by molar-refractivity contribution is -0.119. The number of carbonyl (C=O) groups excluding carboxylic acids is 2. The van der Waals surface area contributed by atoms with Gasteiger partial charge in [-0.05, 0) is 51.1 Å². The number of nitrogens with zero attached hydrogens (tertiary/aromatic N) is 1. The van der Waals surface area contributed by atoms with Crippen molar-refractivity contribution in [2.75, 3.05) is 4.90 Å². The largest absolute Gasteiger partial charge is 0.443 e. The van der Waals surface area contributed by atoms with Crippen LogP contribution in [-0.2, 0) is 14.3 Å². The van der Waals surface area contributed by atoms with E-state index in [2.05, 4.69) is 0 Å². The number of anilines is 1. The monoisotopic (exact) mass is 423 g/mol. The average molecular weight is 423 g/mol. The molecule has 0 aromatic heterocycles. The number of hydrogen-bond acceptors (Lipinski definition) is 4. The van der Waals surface area contributed by atoms with Gasteiger partial charge in [-0.2, -0.15) is 13.2 Å². The summed E-state index contributed by atoms with van der Waals surface area (Å²) in [7, 11) is 0. The summed E-state index contributed by atoms with van der Waals surface area (Å²) in [6.07, 6.45) is -1.01. The Bertz CT molecular complexity index is 968. The van der Waals surface area contributed by atoms with Gasteiger partial charge < -0.3 is 4.74 Å². The zero-order chi connectivity index (χ0) is 21.6. The van der Waals surface area contributed by atoms with Crippen LogP contribution in [0.3, 0.4) is 0 Å². The zero-order valence-corrected chi connectivity index (χ0v) is 17.1. The van der Waals surface area contributed by atoms with Gasteiger partial charge in [-0.25, -0.2) is 9.69 Å². The van der Waals surface area contributed by atoms with Gasteiger partial charge in [-0.1, -0.05) is 48.0 Å². The highest BCUT2D eigenvalue weighted by Crippen LogP contribution is 2.58. The van der Waals surface area contributed by atoms with Crippen molar-refractivity contribution in [2.45, 2.75) is 43.6 Å². The van der Waals surface area contributed by atoms with Crippen molar-refractivity contribution in [3.05, 3.63) is 65.2 Å². The molecule has 2 aromatic rings. The topological polar surface area (TPSA) is 46.6 Å². The summed E-state index contributed by atoms with van der Waals surface area (Å²) >= 11 is -0.435. The molecule has 0 bridgehead atoms. The van der Waals surface area contributed by atoms with Gasteiger partial charge in [0.05, 0.1) is 5.69 Å². The molecule has 0 saturated carbocycles. The fraction of sp³-hybridized carbons (Fsp3) is 0.333. The van der Waals surface area contributed by atoms with Crippen LogP contribution >= 0.6 is 11.8 Å². The third-order valence-electron chi connectivity index (χ3n) is 4.30. The number of alkyl halides is 3. The number of imide groups is 1. The molecule has 154 valence electrons. The molecule has 4 nitrogen and oxygen atoms in total. The first-order chi connectivity index (χ1) is 13.3. The molecule has 0 unspecified atom stereocenters. The first-order valence-corrected chi connectivity index (χ1v) is 9.68. The van der Waals surface area contributed by atoms with Crippen LogP contribution in [0.25, 0.3) is 0 Å². The minimum Gasteiger partial charge on any atom is -0.443 e. The third kappa shape index (κ3) is 3.99. The van der Waals surface area contributed by atoms with E-state index < -0.39 is 39.6 Å². The van der Waals surface area contributed by atoms with Crippen LogP contribution in [0.2, 0.25) is 0 Å². The minimum atomic E-state index is -4.73. The minimum absolute atomic E-state index is 0.0880. The molecule has 1 atom stereocenters. The maximum atomic E-state index is 13.7. The molecule has 0 N–H and O–H groups in total. The molecular weight excluding hydrogens is 403 g/mol. The lowest BCUT2D eigenvalue weighted by Crippen LogP contribution is -2.45. The fourth-order valence-electron chi connectivity index (χ4n) is 3.31. The number of ether oxygens (including phenoxy) is 1. The number of para-hydroxylation sites is 1. The van der Waals surface area contributed by atoms with E-state index in [1.54, 1.807) is 52.0 Å². The van der Waals surface area contributed by atoms with Gasteiger partial charge in [0.1, 0.15) is 5.60 Å². The van der Waals surface area contributed by atoms with Crippen molar-refractivity contribution in [1.29, 1.82) is 0 Å². The molecule has 0 saturated heterocycles. The van der Waals surface area contributed by atoms with Crippen LogP contribution in [0.4, 0.5) is 23.7 Å². The Kier molecular flexibility index (Phi) is 5.19. The van der Waals surface area contributed by atoms with E-state index in [-0.39, 0.29) is 16.8 Å². The Morgan fingerprint density at radius 2 is 1.72 bits per heavy atom. The molecule has 8 heteroatoms. The standard InChI is InChI=1S/C21H20F3NO3S/c1-13-8-7-9-14(12-13)20(29-21(22,23)24)15-10-5-6-11-16(15)25(17(20)26)18(27)28-19(2,3)4/h5-12H,1-4H3/t20-/m0/s1. The lowest BCUT2D eigenvalue weighted by atomic mass is 9.90. The summed E-state index contributed by atoms with van der Waals surface area (Å²) in [5.74, 6) is -0.999. The SMILES string of the molecule is Cc1cccc([C@@]2(SC(F)(F)F)C(=O)N(C(=O)OC(C)(C)C)c3ccccc32)c1. The van der Waals surface area contributed by atoms with Crippen LogP contribution < -0.4 is 4.90 Å². The summed E-state index contributed by atoms with van der Waals surface area (Å²) in [5, 5.41) is 0. The lowest BCUT2D eigenvalue weighted by Gasteiger charge is -2.30. The average Bonchev–Trinajstić information content (AvgIpc) is 2.81. The van der Waals surface area contributed by atoms with E-state index in [0.717, 1.165) is 0 Å². The van der Waals surface area contributed by atoms with E-state index in [4.69, 9.17) is 4.74 Å². The van der Waals surface area contributed by atoms with Gasteiger partial charge >= 0.3 is 11.6 Å². The maximum Gasteiger partial charge on any atom is 0.443 e. The Hall–Kier alpha value is -2.48. The highest BCUT2D eigenvalue weighted by Gasteiger charge is 2.60. The number of aryl methyl sites for hydroxylation is 1. The van der Waals surface area contributed by atoms with Crippen LogP contribution in [0.1, 0.15) is 37.5 Å². The van der Waals surface area contributed by atoms with Gasteiger partial charge in [0.15, 0.2) is 4.75 Å². The fourth-order valence-corrected chi connectivity index (χ4v) is 4.36. The number of halogens is 3. The van der Waals surface area contributed by atoms with Crippen molar-refractivity contribution in [3.8, 4) is 0 Å². The van der Waals surface area contributed by atoms with Gasteiger partial charge in [-0.15, -0.1) is 0 Å². The predicted molar refractivity (Wildman–Crippen MR) is 106 cm³/mol. The van der Waals surface area contributed by atoms with Crippen molar-refractivity contribution < 1.29 is 27.5 Å². The third-order valence-corrected chi connectivity index (χ3v) is 5.47. The summed E-state index contributed by atoms with van der Waals surface area (Å²) in [5.41, 5.74) is -4.60. The van der Waals surface area contributed by atoms with Gasteiger partial charge in [0.2, 0.25) is 0 Å². The number of thioether (sulfide) groups is 1. The van der Waals surface area contributed by atoms with E-state index in [1.807, 2.05) is 0 Å². The maximum absolute atomic E-state index is 13.7. The number of benzene rings is 2. The number of fused-ring (bicyclic) bond motifs is 1. The van der Waals surface area contributed by atoms with E-state index >= 15 is 0 Å². The Morgan fingerprint density at radius 3 is 2.31 bits per heavy atom. The van der Waals surface area contributed by atoms with Crippen molar-refractivity contribution >= 4 is 29.4 Å². The second kappa shape index (κ2) is 7.09. The highest BCUT2D eigenvalue weighted by molar-refractivity contribution is 8.02. The summed E-state index contributed by atoms with van der Waals surface area (Å²) < 4.78 is 44.2. The van der Waals surface area contributed by atoms with Crippen molar-refractivity contribution in [2.24, 2.45) is 0 Å². The molecule has 0 spiro atoms. The molecule has 1 aliphatic heterocycles. The Balaban J connectivity index is 2.26. The van der Waals surface area contributed by atoms with Crippen molar-refractivity contribution in [3.63, 3.8) is 0 Å². The van der Waals surface area contributed by atoms with E-state index in [0.29, 0.717) is 10.5 Å². The molecule has 2 amide bonds. The quantitative estimate of drug-likeness (QED) is 0.615. The van der Waals surface area contributed by atoms with Crippen LogP contribution in [0.15, 0.2) is 48.5 Å². The number of rotatable bonds is 2. The molecule has 3 rings (SSSR count). The Morgan fingerprint density at radius 1 is 1.07 bits per heavy atom. The molecule has 29 heavy (non-hydrogen) atoms. The smallest absolute Gasteiger partial charge is 0.443 e. The summed E-state index contributed by atoms with van der Waals surface area (Å²) in [6, 6.07) is 12.3. The normalized spacial score (nSPS) is 19.3. The molecule has 0 radical (unpaired) electrons. The van der Waals surface area contributed by atoms with Crippen LogP contribution in [-0.4, -0.2) is 23.1 Å². The van der Waals surface area contributed by atoms with Crippen molar-refractivity contribution in [1.82, 2.24) is 0 Å². The molecule has 1 aliphatic rings. The molecular formula is C21H20F3NO3S. The first kappa shape index (κ1) is 21.2. The first-order valence-electron chi connectivity index (χ1n) is 8.86. The van der Waals surface area contributed by atoms with Gasteiger partial charge in [0.25, 0.3) is 5.91 Å². The van der Waals surface area contributed by atoms with Crippen LogP contribution in [0, 0.1) is 6.92 Å². The van der Waals surface area contributed by atoms with Gasteiger partial charge in [0, 0.05) is 5.56 Å². The Labute approximate surface area is 171 Å². The molecule has 1 heterocycles. The zero-order valence-electron chi connectivity index (χ0n) is 16.3. The number of amides is 2. The highest BCUT2D eigenvalue weighted by atomic mass is 32.2. The molecule has 2 aromatic carbocycles. The summed E-state index contributed by atoms with van der Waals surface area (Å²) in [4.78, 5) is 27.0. The second-order valence-electron chi connectivity index (χ2n) is 7.74. The van der Waals surface area contributed by atoms with Crippen LogP contribution in [0.5, 0.6) is 0 Å². The van der Waals surface area contributed by atoms with E-state index in [9.17, 15) is 22.8 Å². The number of carbonyl (C=O) groups is 2. The molecule has 0 fully saturated rings. The number of hydrogen-bond donors (Lipinski definition) is 0. The predicted octanol–water partition coefficient (Wildman–Crippen LogP) is 5.77. The summed E-state index contributed by atoms with van der Waals surface area (Å²) in [6.45, 7) is 6.59. The van der Waals surface area contributed by atoms with Gasteiger partial charge in [-0.3, -0.25) is 4.79 Å². The molecule has 0 aliphatic carbocycles. The van der Waals surface area contributed by atoms with E-state index in [1.165, 1.54) is 24.3 Å². The second-order valence-corrected chi connectivity index (χ2v) is 9.02.